The molecule has 2 amide bonds. The minimum absolute atomic E-state index is 0.117. The first-order valence-corrected chi connectivity index (χ1v) is 11.7. The van der Waals surface area contributed by atoms with Crippen molar-refractivity contribution >= 4 is 11.8 Å². The smallest absolute Gasteiger partial charge is 0.317 e. The number of carbonyl (C=O) groups excluding carboxylic acids is 1. The lowest BCUT2D eigenvalue weighted by Gasteiger charge is -2.33. The van der Waals surface area contributed by atoms with Gasteiger partial charge in [-0.05, 0) is 49.7 Å². The highest BCUT2D eigenvalue weighted by Crippen LogP contribution is 2.19. The maximum Gasteiger partial charge on any atom is 0.317 e. The number of benzene rings is 1. The number of nitrogens with zero attached hydrogens (tertiary/aromatic N) is 5. The SMILES string of the molecule is CN1CCN(c2ccc(CNC(=O)N(C)CCCc3cc(-c4cccc(F)c4)n[nH]3)cn2)CC1. The van der Waals surface area contributed by atoms with Crippen LogP contribution in [-0.2, 0) is 13.0 Å². The molecule has 2 N–H and O–H groups in total. The van der Waals surface area contributed by atoms with Crippen LogP contribution in [0.5, 0.6) is 0 Å². The zero-order valence-electron chi connectivity index (χ0n) is 19.8. The van der Waals surface area contributed by atoms with E-state index in [4.69, 9.17) is 0 Å². The number of aryl methyl sites for hydroxylation is 1. The number of piperazine rings is 1. The summed E-state index contributed by atoms with van der Waals surface area (Å²) in [4.78, 5) is 23.3. The number of nitrogens with one attached hydrogen (secondary N) is 2. The summed E-state index contributed by atoms with van der Waals surface area (Å²) in [6.07, 6.45) is 3.37. The Balaban J connectivity index is 1.18. The first-order chi connectivity index (χ1) is 16.5. The number of pyridine rings is 1. The fourth-order valence-electron chi connectivity index (χ4n) is 3.95. The van der Waals surface area contributed by atoms with Crippen molar-refractivity contribution in [1.29, 1.82) is 0 Å². The molecule has 2 aromatic heterocycles. The predicted molar refractivity (Wildman–Crippen MR) is 131 cm³/mol. The highest BCUT2D eigenvalue weighted by molar-refractivity contribution is 5.73. The van der Waals surface area contributed by atoms with Gasteiger partial charge >= 0.3 is 6.03 Å². The highest BCUT2D eigenvalue weighted by Gasteiger charge is 2.15. The number of amides is 2. The van der Waals surface area contributed by atoms with Gasteiger partial charge in [-0.3, -0.25) is 5.10 Å². The third-order valence-corrected chi connectivity index (χ3v) is 6.12. The van der Waals surface area contributed by atoms with E-state index in [1.54, 1.807) is 18.0 Å². The zero-order valence-corrected chi connectivity index (χ0v) is 19.8. The number of carbonyl (C=O) groups is 1. The molecule has 34 heavy (non-hydrogen) atoms. The average Bonchev–Trinajstić information content (AvgIpc) is 3.32. The lowest BCUT2D eigenvalue weighted by atomic mass is 10.1. The van der Waals surface area contributed by atoms with Crippen molar-refractivity contribution in [2.75, 3.05) is 51.7 Å². The molecule has 3 heterocycles. The van der Waals surface area contributed by atoms with Crippen LogP contribution in [0.25, 0.3) is 11.3 Å². The molecular formula is C25H32FN7O. The molecule has 4 rings (SSSR count). The van der Waals surface area contributed by atoms with Crippen LogP contribution < -0.4 is 10.2 Å². The van der Waals surface area contributed by atoms with Gasteiger partial charge in [0.05, 0.1) is 5.69 Å². The number of H-pyrrole nitrogens is 1. The molecule has 3 aromatic rings. The van der Waals surface area contributed by atoms with Crippen LogP contribution >= 0.6 is 0 Å². The molecule has 1 saturated heterocycles. The van der Waals surface area contributed by atoms with E-state index in [0.29, 0.717) is 18.8 Å². The van der Waals surface area contributed by atoms with E-state index >= 15 is 0 Å². The van der Waals surface area contributed by atoms with Crippen LogP contribution in [0.4, 0.5) is 15.0 Å². The van der Waals surface area contributed by atoms with Crippen molar-refractivity contribution in [3.8, 4) is 11.3 Å². The summed E-state index contributed by atoms with van der Waals surface area (Å²) in [5.74, 6) is 0.705. The molecule has 180 valence electrons. The zero-order chi connectivity index (χ0) is 23.9. The Morgan fingerprint density at radius 3 is 2.74 bits per heavy atom. The number of hydrogen-bond donors (Lipinski definition) is 2. The summed E-state index contributed by atoms with van der Waals surface area (Å²) < 4.78 is 13.4. The third-order valence-electron chi connectivity index (χ3n) is 6.12. The van der Waals surface area contributed by atoms with E-state index in [-0.39, 0.29) is 11.8 Å². The second-order valence-electron chi connectivity index (χ2n) is 8.79. The Kier molecular flexibility index (Phi) is 7.74. The van der Waals surface area contributed by atoms with Gasteiger partial charge in [0.25, 0.3) is 0 Å². The van der Waals surface area contributed by atoms with Crippen LogP contribution in [0.1, 0.15) is 17.7 Å². The van der Waals surface area contributed by atoms with Crippen LogP contribution in [0, 0.1) is 5.82 Å². The van der Waals surface area contributed by atoms with E-state index in [1.165, 1.54) is 12.1 Å². The number of hydrogen-bond acceptors (Lipinski definition) is 5. The molecule has 0 unspecified atom stereocenters. The summed E-state index contributed by atoms with van der Waals surface area (Å²) in [6.45, 7) is 5.10. The number of urea groups is 1. The van der Waals surface area contributed by atoms with Gasteiger partial charge in [0.15, 0.2) is 0 Å². The van der Waals surface area contributed by atoms with Crippen LogP contribution in [0.3, 0.4) is 0 Å². The van der Waals surface area contributed by atoms with Crippen molar-refractivity contribution in [1.82, 2.24) is 30.3 Å². The van der Waals surface area contributed by atoms with Gasteiger partial charge in [-0.25, -0.2) is 14.2 Å². The molecule has 0 radical (unpaired) electrons. The van der Waals surface area contributed by atoms with E-state index in [2.05, 4.69) is 37.3 Å². The number of aromatic amines is 1. The fourth-order valence-corrected chi connectivity index (χ4v) is 3.95. The molecule has 9 heteroatoms. The van der Waals surface area contributed by atoms with Gasteiger partial charge in [0.1, 0.15) is 11.6 Å². The lowest BCUT2D eigenvalue weighted by molar-refractivity contribution is 0.208. The topological polar surface area (TPSA) is 80.4 Å². The quantitative estimate of drug-likeness (QED) is 0.534. The van der Waals surface area contributed by atoms with E-state index in [9.17, 15) is 9.18 Å². The predicted octanol–water partition coefficient (Wildman–Crippen LogP) is 3.14. The Morgan fingerprint density at radius 2 is 2.00 bits per heavy atom. The number of likely N-dealkylation sites (N-methyl/N-ethyl adjacent to an activating group) is 1. The average molecular weight is 466 g/mol. The second kappa shape index (κ2) is 11.1. The molecule has 8 nitrogen and oxygen atoms in total. The standard InChI is InChI=1S/C25H32FN7O/c1-31-11-13-33(14-12-31)24-9-8-19(17-27-24)18-28-25(34)32(2)10-4-7-22-16-23(30-29-22)20-5-3-6-21(26)15-20/h3,5-6,8-9,15-17H,4,7,10-14,18H2,1-2H3,(H,28,34)(H,29,30). The first-order valence-electron chi connectivity index (χ1n) is 11.7. The molecule has 0 saturated carbocycles. The lowest BCUT2D eigenvalue weighted by Crippen LogP contribution is -2.44. The van der Waals surface area contributed by atoms with Crippen molar-refractivity contribution in [3.63, 3.8) is 0 Å². The summed E-state index contributed by atoms with van der Waals surface area (Å²) in [6, 6.07) is 12.2. The molecule has 1 aromatic carbocycles. The normalized spacial score (nSPS) is 14.3. The molecule has 0 atom stereocenters. The van der Waals surface area contributed by atoms with E-state index in [0.717, 1.165) is 61.7 Å². The summed E-state index contributed by atoms with van der Waals surface area (Å²) in [5.41, 5.74) is 3.39. The first kappa shape index (κ1) is 23.7. The van der Waals surface area contributed by atoms with Gasteiger partial charge in [0.2, 0.25) is 0 Å². The maximum absolute atomic E-state index is 13.4. The van der Waals surface area contributed by atoms with Crippen molar-refractivity contribution in [3.05, 3.63) is 65.7 Å². The van der Waals surface area contributed by atoms with E-state index in [1.807, 2.05) is 30.5 Å². The number of rotatable bonds is 8. The fraction of sp³-hybridized carbons (Fsp3) is 0.400. The Labute approximate surface area is 199 Å². The minimum atomic E-state index is -0.281. The number of anilines is 1. The summed E-state index contributed by atoms with van der Waals surface area (Å²) in [5, 5.41) is 10.2. The van der Waals surface area contributed by atoms with Crippen LogP contribution in [0.15, 0.2) is 48.7 Å². The van der Waals surface area contributed by atoms with Gasteiger partial charge in [-0.2, -0.15) is 5.10 Å². The number of aromatic nitrogens is 3. The largest absolute Gasteiger partial charge is 0.354 e. The second-order valence-corrected chi connectivity index (χ2v) is 8.79. The van der Waals surface area contributed by atoms with Crippen molar-refractivity contribution < 1.29 is 9.18 Å². The maximum atomic E-state index is 13.4. The monoisotopic (exact) mass is 465 g/mol. The Hall–Kier alpha value is -3.46. The van der Waals surface area contributed by atoms with Crippen LogP contribution in [-0.4, -0.2) is 77.8 Å². The summed E-state index contributed by atoms with van der Waals surface area (Å²) >= 11 is 0. The molecule has 0 bridgehead atoms. The number of halogens is 1. The minimum Gasteiger partial charge on any atom is -0.354 e. The highest BCUT2D eigenvalue weighted by atomic mass is 19.1. The third kappa shape index (κ3) is 6.32. The van der Waals surface area contributed by atoms with Crippen molar-refractivity contribution in [2.24, 2.45) is 0 Å². The molecule has 0 spiro atoms. The van der Waals surface area contributed by atoms with Crippen LogP contribution in [0.2, 0.25) is 0 Å². The van der Waals surface area contributed by atoms with Crippen molar-refractivity contribution in [2.45, 2.75) is 19.4 Å². The van der Waals surface area contributed by atoms with Gasteiger partial charge in [-0.15, -0.1) is 0 Å². The summed E-state index contributed by atoms with van der Waals surface area (Å²) in [7, 11) is 3.92. The molecule has 0 aliphatic carbocycles. The molecular weight excluding hydrogens is 433 g/mol. The van der Waals surface area contributed by atoms with E-state index < -0.39 is 0 Å². The Morgan fingerprint density at radius 1 is 1.18 bits per heavy atom. The molecule has 1 fully saturated rings. The van der Waals surface area contributed by atoms with Gasteiger partial charge < -0.3 is 20.0 Å². The molecule has 1 aliphatic rings. The van der Waals surface area contributed by atoms with Gasteiger partial charge in [0, 0.05) is 63.8 Å². The van der Waals surface area contributed by atoms with Gasteiger partial charge in [-0.1, -0.05) is 18.2 Å². The molecule has 1 aliphatic heterocycles. The Bertz CT molecular complexity index is 1080.